The molecule has 18 heavy (non-hydrogen) atoms. The molecule has 0 aromatic heterocycles. The van der Waals surface area contributed by atoms with E-state index in [1.807, 2.05) is 0 Å². The smallest absolute Gasteiger partial charge is 0.333 e. The summed E-state index contributed by atoms with van der Waals surface area (Å²) < 4.78 is 37.2. The van der Waals surface area contributed by atoms with Crippen molar-refractivity contribution in [2.45, 2.75) is 45.3 Å². The molecule has 0 aliphatic heterocycles. The number of alkyl halides is 3. The molecule has 0 aromatic rings. The van der Waals surface area contributed by atoms with Gasteiger partial charge < -0.3 is 10.6 Å². The maximum absolute atomic E-state index is 12.4. The first kappa shape index (κ1) is 15.3. The summed E-state index contributed by atoms with van der Waals surface area (Å²) in [5, 5.41) is 0. The van der Waals surface area contributed by atoms with Gasteiger partial charge in [0.2, 0.25) is 5.91 Å². The molecule has 0 radical (unpaired) electrons. The summed E-state index contributed by atoms with van der Waals surface area (Å²) >= 11 is 0. The van der Waals surface area contributed by atoms with Gasteiger partial charge in [-0.1, -0.05) is 13.8 Å². The van der Waals surface area contributed by atoms with Gasteiger partial charge in [0, 0.05) is 19.0 Å². The van der Waals surface area contributed by atoms with Gasteiger partial charge in [-0.25, -0.2) is 0 Å². The lowest BCUT2D eigenvalue weighted by molar-refractivity contribution is -0.162. The van der Waals surface area contributed by atoms with Crippen molar-refractivity contribution < 1.29 is 18.0 Å². The molecule has 0 saturated heterocycles. The molecule has 0 heterocycles. The van der Waals surface area contributed by atoms with Crippen molar-refractivity contribution in [3.63, 3.8) is 0 Å². The summed E-state index contributed by atoms with van der Waals surface area (Å²) in [6.07, 6.45) is -2.36. The number of hydrogen-bond acceptors (Lipinski definition) is 2. The van der Waals surface area contributed by atoms with E-state index in [1.165, 1.54) is 0 Å². The minimum absolute atomic E-state index is 0.00782. The number of rotatable bonds is 6. The molecule has 6 heteroatoms. The molecule has 0 spiro atoms. The third kappa shape index (κ3) is 5.71. The standard InChI is InChI=1S/C12H21F3N2O/c1-8(2)6-17(7-12(13,14)15)11(18)5-10(16)9-3-4-9/h8-10H,3-7,16H2,1-2H3. The minimum Gasteiger partial charge on any atom is -0.333 e. The van der Waals surface area contributed by atoms with E-state index in [1.54, 1.807) is 13.8 Å². The highest BCUT2D eigenvalue weighted by atomic mass is 19.4. The van der Waals surface area contributed by atoms with Gasteiger partial charge in [0.05, 0.1) is 0 Å². The van der Waals surface area contributed by atoms with Crippen LogP contribution in [0.25, 0.3) is 0 Å². The van der Waals surface area contributed by atoms with Crippen LogP contribution in [-0.2, 0) is 4.79 Å². The number of carbonyl (C=O) groups excluding carboxylic acids is 1. The molecule has 1 saturated carbocycles. The summed E-state index contributed by atoms with van der Waals surface area (Å²) in [5.41, 5.74) is 5.78. The first-order valence-electron chi connectivity index (χ1n) is 6.29. The van der Waals surface area contributed by atoms with E-state index in [-0.39, 0.29) is 24.9 Å². The molecule has 0 bridgehead atoms. The predicted octanol–water partition coefficient (Wildman–Crippen LogP) is 2.16. The maximum Gasteiger partial charge on any atom is 0.406 e. The van der Waals surface area contributed by atoms with Crippen molar-refractivity contribution in [1.82, 2.24) is 4.90 Å². The maximum atomic E-state index is 12.4. The summed E-state index contributed by atoms with van der Waals surface area (Å²) in [6, 6.07) is -0.291. The fourth-order valence-corrected chi connectivity index (χ4v) is 1.93. The van der Waals surface area contributed by atoms with Crippen LogP contribution in [0, 0.1) is 11.8 Å². The average molecular weight is 266 g/mol. The SMILES string of the molecule is CC(C)CN(CC(F)(F)F)C(=O)CC(N)C1CC1. The lowest BCUT2D eigenvalue weighted by Gasteiger charge is -2.26. The van der Waals surface area contributed by atoms with E-state index in [2.05, 4.69) is 0 Å². The van der Waals surface area contributed by atoms with Gasteiger partial charge >= 0.3 is 6.18 Å². The Balaban J connectivity index is 2.53. The number of halogens is 3. The van der Waals surface area contributed by atoms with E-state index in [4.69, 9.17) is 5.73 Å². The molecule has 0 aromatic carbocycles. The van der Waals surface area contributed by atoms with Crippen LogP contribution in [-0.4, -0.2) is 36.1 Å². The molecule has 2 N–H and O–H groups in total. The fraction of sp³-hybridized carbons (Fsp3) is 0.917. The molecule has 106 valence electrons. The normalized spacial score (nSPS) is 17.9. The summed E-state index contributed by atoms with van der Waals surface area (Å²) in [4.78, 5) is 12.7. The van der Waals surface area contributed by atoms with Crippen LogP contribution >= 0.6 is 0 Å². The Hall–Kier alpha value is -0.780. The zero-order chi connectivity index (χ0) is 13.9. The van der Waals surface area contributed by atoms with Crippen LogP contribution < -0.4 is 5.73 Å². The van der Waals surface area contributed by atoms with Crippen molar-refractivity contribution in [3.05, 3.63) is 0 Å². The van der Waals surface area contributed by atoms with Gasteiger partial charge in [0.15, 0.2) is 0 Å². The van der Waals surface area contributed by atoms with Gasteiger partial charge in [-0.2, -0.15) is 13.2 Å². The Labute approximate surface area is 106 Å². The molecule has 1 amide bonds. The second-order valence-electron chi connectivity index (χ2n) is 5.49. The van der Waals surface area contributed by atoms with Gasteiger partial charge in [-0.05, 0) is 24.7 Å². The Morgan fingerprint density at radius 1 is 1.39 bits per heavy atom. The van der Waals surface area contributed by atoms with E-state index in [0.29, 0.717) is 5.92 Å². The van der Waals surface area contributed by atoms with Crippen LogP contribution in [0.15, 0.2) is 0 Å². The number of carbonyl (C=O) groups is 1. The highest BCUT2D eigenvalue weighted by Crippen LogP contribution is 2.33. The average Bonchev–Trinajstić information content (AvgIpc) is 2.95. The Bertz CT molecular complexity index is 288. The van der Waals surface area contributed by atoms with Crippen molar-refractivity contribution in [1.29, 1.82) is 0 Å². The lowest BCUT2D eigenvalue weighted by Crippen LogP contribution is -2.43. The van der Waals surface area contributed by atoms with Crippen LogP contribution in [0.4, 0.5) is 13.2 Å². The van der Waals surface area contributed by atoms with Crippen LogP contribution in [0.3, 0.4) is 0 Å². The molecular weight excluding hydrogens is 245 g/mol. The zero-order valence-electron chi connectivity index (χ0n) is 10.8. The highest BCUT2D eigenvalue weighted by Gasteiger charge is 2.35. The first-order chi connectivity index (χ1) is 8.19. The molecule has 1 fully saturated rings. The van der Waals surface area contributed by atoms with Crippen molar-refractivity contribution in [2.24, 2.45) is 17.6 Å². The second kappa shape index (κ2) is 5.91. The van der Waals surface area contributed by atoms with E-state index >= 15 is 0 Å². The summed E-state index contributed by atoms with van der Waals surface area (Å²) in [6.45, 7) is 2.52. The molecule has 1 aliphatic carbocycles. The molecule has 1 unspecified atom stereocenters. The van der Waals surface area contributed by atoms with E-state index in [9.17, 15) is 18.0 Å². The molecule has 1 rings (SSSR count). The monoisotopic (exact) mass is 266 g/mol. The highest BCUT2D eigenvalue weighted by molar-refractivity contribution is 5.77. The molecule has 1 atom stereocenters. The van der Waals surface area contributed by atoms with Gasteiger partial charge in [-0.15, -0.1) is 0 Å². The van der Waals surface area contributed by atoms with Gasteiger partial charge in [0.25, 0.3) is 0 Å². The fourth-order valence-electron chi connectivity index (χ4n) is 1.93. The largest absolute Gasteiger partial charge is 0.406 e. The van der Waals surface area contributed by atoms with Crippen molar-refractivity contribution >= 4 is 5.91 Å². The van der Waals surface area contributed by atoms with Crippen LogP contribution in [0.1, 0.15) is 33.1 Å². The predicted molar refractivity (Wildman–Crippen MR) is 62.8 cm³/mol. The number of nitrogens with two attached hydrogens (primary N) is 1. The quantitative estimate of drug-likeness (QED) is 0.800. The number of amides is 1. The molecular formula is C12H21F3N2O. The summed E-state index contributed by atoms with van der Waals surface area (Å²) in [7, 11) is 0. The van der Waals surface area contributed by atoms with Crippen molar-refractivity contribution in [3.8, 4) is 0 Å². The third-order valence-electron chi connectivity index (χ3n) is 2.95. The number of nitrogens with zero attached hydrogens (tertiary/aromatic N) is 1. The Morgan fingerprint density at radius 3 is 2.33 bits per heavy atom. The van der Waals surface area contributed by atoms with Crippen molar-refractivity contribution in [2.75, 3.05) is 13.1 Å². The molecule has 3 nitrogen and oxygen atoms in total. The molecule has 1 aliphatic rings. The second-order valence-corrected chi connectivity index (χ2v) is 5.49. The minimum atomic E-state index is -4.35. The zero-order valence-corrected chi connectivity index (χ0v) is 10.8. The lowest BCUT2D eigenvalue weighted by atomic mass is 10.1. The summed E-state index contributed by atoms with van der Waals surface area (Å²) in [5.74, 6) is -0.158. The Morgan fingerprint density at radius 2 is 1.94 bits per heavy atom. The topological polar surface area (TPSA) is 46.3 Å². The van der Waals surface area contributed by atoms with Crippen LogP contribution in [0.2, 0.25) is 0 Å². The van der Waals surface area contributed by atoms with Gasteiger partial charge in [0.1, 0.15) is 6.54 Å². The van der Waals surface area contributed by atoms with Gasteiger partial charge in [-0.3, -0.25) is 4.79 Å². The first-order valence-corrected chi connectivity index (χ1v) is 6.29. The third-order valence-corrected chi connectivity index (χ3v) is 2.95. The Kier molecular flexibility index (Phi) is 5.01. The van der Waals surface area contributed by atoms with Crippen LogP contribution in [0.5, 0.6) is 0 Å². The van der Waals surface area contributed by atoms with E-state index in [0.717, 1.165) is 17.7 Å². The number of hydrogen-bond donors (Lipinski definition) is 1. The van der Waals surface area contributed by atoms with E-state index < -0.39 is 18.6 Å².